The Morgan fingerprint density at radius 3 is 1.59 bits per heavy atom. The van der Waals surface area contributed by atoms with Gasteiger partial charge in [-0.25, -0.2) is 0 Å². The molecule has 0 radical (unpaired) electrons. The molecule has 0 spiro atoms. The van der Waals surface area contributed by atoms with Gasteiger partial charge in [0, 0.05) is 0 Å². The summed E-state index contributed by atoms with van der Waals surface area (Å²) in [6.07, 6.45) is 0. The van der Waals surface area contributed by atoms with Crippen LogP contribution in [0.15, 0.2) is 84.9 Å². The molecule has 160 valence electrons. The van der Waals surface area contributed by atoms with Crippen molar-refractivity contribution in [3.63, 3.8) is 0 Å². The van der Waals surface area contributed by atoms with Gasteiger partial charge in [0.15, 0.2) is 0 Å². The van der Waals surface area contributed by atoms with E-state index in [0.29, 0.717) is 10.0 Å². The summed E-state index contributed by atoms with van der Waals surface area (Å²) < 4.78 is 0. The van der Waals surface area contributed by atoms with Crippen molar-refractivity contribution in [2.75, 3.05) is 0 Å². The summed E-state index contributed by atoms with van der Waals surface area (Å²) in [6, 6.07) is 31.2. The highest BCUT2D eigenvalue weighted by Crippen LogP contribution is 2.36. The molecule has 7 rings (SSSR count). The number of hydrogen-bond acceptors (Lipinski definition) is 0. The lowest BCUT2D eigenvalue weighted by molar-refractivity contribution is 1.74. The Kier molecular flexibility index (Phi) is 4.38. The van der Waals surface area contributed by atoms with E-state index in [4.69, 9.17) is 23.2 Å². The number of halogens is 2. The zero-order chi connectivity index (χ0) is 23.1. The first-order valence-corrected chi connectivity index (χ1v) is 12.6. The van der Waals surface area contributed by atoms with Crippen molar-refractivity contribution in [3.8, 4) is 0 Å². The minimum atomic E-state index is 0.252. The molecular formula is C30H20B2Cl2. The van der Waals surface area contributed by atoms with Crippen molar-refractivity contribution in [1.82, 2.24) is 0 Å². The molecule has 34 heavy (non-hydrogen) atoms. The molecular weight excluding hydrogens is 453 g/mol. The maximum atomic E-state index is 6.45. The van der Waals surface area contributed by atoms with E-state index < -0.39 is 0 Å². The first-order chi connectivity index (χ1) is 16.5. The third-order valence-corrected chi connectivity index (χ3v) is 8.62. The zero-order valence-electron chi connectivity index (χ0n) is 19.0. The maximum absolute atomic E-state index is 6.45. The SMILES string of the molecule is CB1c2cc(Cl)c(Cl)cc2B(C)c2cc3c(ccc4ccc5ccc6ccccc6c5c43)cc21. The Morgan fingerprint density at radius 1 is 0.471 bits per heavy atom. The van der Waals surface area contributed by atoms with Gasteiger partial charge in [0.25, 0.3) is 0 Å². The van der Waals surface area contributed by atoms with E-state index in [9.17, 15) is 0 Å². The fourth-order valence-electron chi connectivity index (χ4n) is 6.14. The molecule has 1 aliphatic rings. The van der Waals surface area contributed by atoms with Crippen LogP contribution in [-0.2, 0) is 0 Å². The molecule has 0 bridgehead atoms. The van der Waals surface area contributed by atoms with Gasteiger partial charge in [-0.2, -0.15) is 0 Å². The Morgan fingerprint density at radius 2 is 0.941 bits per heavy atom. The molecule has 0 unspecified atom stereocenters. The molecule has 0 aliphatic carbocycles. The summed E-state index contributed by atoms with van der Waals surface area (Å²) in [6.45, 7) is 5.09. The lowest BCUT2D eigenvalue weighted by atomic mass is 9.25. The second-order valence-corrected chi connectivity index (χ2v) is 10.5. The monoisotopic (exact) mass is 472 g/mol. The summed E-state index contributed by atoms with van der Waals surface area (Å²) in [5.41, 5.74) is 5.33. The van der Waals surface area contributed by atoms with Gasteiger partial charge in [-0.05, 0) is 55.2 Å². The molecule has 6 aromatic carbocycles. The summed E-state index contributed by atoms with van der Waals surface area (Å²) in [4.78, 5) is 0. The highest BCUT2D eigenvalue weighted by molar-refractivity contribution is 7.02. The van der Waals surface area contributed by atoms with Crippen LogP contribution in [0, 0.1) is 0 Å². The Hall–Kier alpha value is -2.93. The van der Waals surface area contributed by atoms with Crippen LogP contribution in [0.3, 0.4) is 0 Å². The van der Waals surface area contributed by atoms with Gasteiger partial charge in [-0.3, -0.25) is 0 Å². The topological polar surface area (TPSA) is 0 Å². The zero-order valence-corrected chi connectivity index (χ0v) is 20.5. The smallest absolute Gasteiger partial charge is 0.0827 e. The van der Waals surface area contributed by atoms with Gasteiger partial charge in [0.05, 0.1) is 10.0 Å². The van der Waals surface area contributed by atoms with Crippen LogP contribution >= 0.6 is 23.2 Å². The van der Waals surface area contributed by atoms with E-state index in [1.165, 1.54) is 64.9 Å². The second-order valence-electron chi connectivity index (χ2n) is 9.65. The lowest BCUT2D eigenvalue weighted by Crippen LogP contribution is -2.66. The quantitative estimate of drug-likeness (QED) is 0.177. The summed E-state index contributed by atoms with van der Waals surface area (Å²) in [5.74, 6) is 0. The van der Waals surface area contributed by atoms with Crippen LogP contribution in [0.25, 0.3) is 43.1 Å². The molecule has 0 saturated carbocycles. The van der Waals surface area contributed by atoms with E-state index in [1.807, 2.05) is 0 Å². The fraction of sp³-hybridized carbons (Fsp3) is 0.0667. The van der Waals surface area contributed by atoms with Crippen molar-refractivity contribution in [3.05, 3.63) is 95.0 Å². The Labute approximate surface area is 209 Å². The molecule has 4 heteroatoms. The number of fused-ring (bicyclic) bond motifs is 9. The van der Waals surface area contributed by atoms with Gasteiger partial charge >= 0.3 is 0 Å². The summed E-state index contributed by atoms with van der Waals surface area (Å²) >= 11 is 12.9. The molecule has 0 aromatic heterocycles. The van der Waals surface area contributed by atoms with E-state index in [-0.39, 0.29) is 13.4 Å². The first kappa shape index (κ1) is 20.4. The van der Waals surface area contributed by atoms with Gasteiger partial charge in [0.1, 0.15) is 0 Å². The van der Waals surface area contributed by atoms with Crippen molar-refractivity contribution < 1.29 is 0 Å². The predicted octanol–water partition coefficient (Wildman–Crippen LogP) is 6.40. The van der Waals surface area contributed by atoms with Gasteiger partial charge in [0.2, 0.25) is 13.4 Å². The van der Waals surface area contributed by atoms with E-state index in [0.717, 1.165) is 0 Å². The van der Waals surface area contributed by atoms with Crippen molar-refractivity contribution in [2.24, 2.45) is 0 Å². The van der Waals surface area contributed by atoms with E-state index in [1.54, 1.807) is 0 Å². The predicted molar refractivity (Wildman–Crippen MR) is 155 cm³/mol. The first-order valence-electron chi connectivity index (χ1n) is 11.8. The summed E-state index contributed by atoms with van der Waals surface area (Å²) in [7, 11) is 0. The minimum absolute atomic E-state index is 0.252. The molecule has 0 N–H and O–H groups in total. The average molecular weight is 473 g/mol. The summed E-state index contributed by atoms with van der Waals surface area (Å²) in [5, 5.41) is 11.7. The Bertz CT molecular complexity index is 1820. The third kappa shape index (κ3) is 2.76. The fourth-order valence-corrected chi connectivity index (χ4v) is 6.48. The van der Waals surface area contributed by atoms with Crippen LogP contribution in [0.2, 0.25) is 23.7 Å². The van der Waals surface area contributed by atoms with Gasteiger partial charge in [-0.1, -0.05) is 131 Å². The van der Waals surface area contributed by atoms with Crippen LogP contribution in [0.5, 0.6) is 0 Å². The van der Waals surface area contributed by atoms with E-state index >= 15 is 0 Å². The van der Waals surface area contributed by atoms with Gasteiger partial charge in [-0.15, -0.1) is 0 Å². The number of benzene rings is 6. The minimum Gasteiger partial charge on any atom is -0.0827 e. The van der Waals surface area contributed by atoms with Crippen LogP contribution in [0.4, 0.5) is 0 Å². The molecule has 0 saturated heterocycles. The molecule has 0 atom stereocenters. The maximum Gasteiger partial charge on any atom is 0.204 e. The van der Waals surface area contributed by atoms with Crippen LogP contribution in [0.1, 0.15) is 0 Å². The highest BCUT2D eigenvalue weighted by atomic mass is 35.5. The van der Waals surface area contributed by atoms with E-state index in [2.05, 4.69) is 98.6 Å². The van der Waals surface area contributed by atoms with Crippen molar-refractivity contribution in [1.29, 1.82) is 0 Å². The normalized spacial score (nSPS) is 13.2. The number of rotatable bonds is 0. The molecule has 1 heterocycles. The number of hydrogen-bond donors (Lipinski definition) is 0. The molecule has 0 fully saturated rings. The molecule has 0 amide bonds. The molecule has 6 aromatic rings. The largest absolute Gasteiger partial charge is 0.204 e. The van der Waals surface area contributed by atoms with Crippen molar-refractivity contribution in [2.45, 2.75) is 13.6 Å². The average Bonchev–Trinajstić information content (AvgIpc) is 2.87. The van der Waals surface area contributed by atoms with Gasteiger partial charge < -0.3 is 0 Å². The highest BCUT2D eigenvalue weighted by Gasteiger charge is 2.32. The Balaban J connectivity index is 1.61. The van der Waals surface area contributed by atoms with Crippen LogP contribution in [-0.4, -0.2) is 13.4 Å². The lowest BCUT2D eigenvalue weighted by Gasteiger charge is -2.29. The van der Waals surface area contributed by atoms with Crippen LogP contribution < -0.4 is 21.9 Å². The standard InChI is InChI=1S/C30H20B2Cl2/c1-31-23-13-20-12-11-19-10-9-18-8-7-17-5-3-4-6-21(17)29(18)30(19)22(20)14-24(23)32(2)26-16-28(34)27(33)15-25(26)31/h3-16H,1-2H3. The molecule has 1 aliphatic heterocycles. The second kappa shape index (κ2) is 7.28. The molecule has 0 nitrogen and oxygen atoms in total. The third-order valence-electron chi connectivity index (χ3n) is 7.90. The van der Waals surface area contributed by atoms with Crippen molar-refractivity contribution >= 4 is 102 Å².